The molecule has 1 heterocycles. The zero-order valence-electron chi connectivity index (χ0n) is 11.7. The number of halogens is 5. The maximum absolute atomic E-state index is 13.4. The van der Waals surface area contributed by atoms with Gasteiger partial charge in [-0.1, -0.05) is 0 Å². The van der Waals surface area contributed by atoms with Crippen LogP contribution in [0.15, 0.2) is 0 Å². The van der Waals surface area contributed by atoms with E-state index in [1.54, 1.807) is 0 Å². The van der Waals surface area contributed by atoms with Gasteiger partial charge in [0.15, 0.2) is 23.3 Å². The highest BCUT2D eigenvalue weighted by atomic mass is 19.2. The minimum absolute atomic E-state index is 0.173. The van der Waals surface area contributed by atoms with Crippen molar-refractivity contribution in [3.05, 3.63) is 29.1 Å². The van der Waals surface area contributed by atoms with Gasteiger partial charge in [-0.3, -0.25) is 0 Å². The van der Waals surface area contributed by atoms with E-state index in [1.807, 2.05) is 7.05 Å². The van der Waals surface area contributed by atoms with Crippen LogP contribution in [0.3, 0.4) is 0 Å². The van der Waals surface area contributed by atoms with Gasteiger partial charge in [-0.25, -0.2) is 22.0 Å². The minimum atomic E-state index is -2.13. The molecule has 1 N–H and O–H groups in total. The lowest BCUT2D eigenvalue weighted by Gasteiger charge is -2.29. The molecule has 0 amide bonds. The molecule has 2 rings (SSSR count). The Morgan fingerprint density at radius 3 is 1.90 bits per heavy atom. The Bertz CT molecular complexity index is 484. The third-order valence-corrected chi connectivity index (χ3v) is 3.90. The molecule has 0 spiro atoms. The lowest BCUT2D eigenvalue weighted by atomic mass is 9.94. The fourth-order valence-electron chi connectivity index (χ4n) is 2.51. The number of hydrogen-bond acceptors (Lipinski definition) is 2. The standard InChI is InChI=1S/C14H17F5N2/c1-21-6-3-8(4-7-21)2-5-20-14-12(18)10(16)9(15)11(17)13(14)19/h8,20H,2-7H2,1H3. The van der Waals surface area contributed by atoms with Gasteiger partial charge >= 0.3 is 0 Å². The molecular formula is C14H17F5N2. The highest BCUT2D eigenvalue weighted by Crippen LogP contribution is 2.27. The summed E-state index contributed by atoms with van der Waals surface area (Å²) in [6.07, 6.45) is 2.57. The Morgan fingerprint density at radius 1 is 0.905 bits per heavy atom. The number of hydrogen-bond donors (Lipinski definition) is 1. The predicted molar refractivity (Wildman–Crippen MR) is 69.6 cm³/mol. The molecule has 2 nitrogen and oxygen atoms in total. The molecule has 0 atom stereocenters. The molecule has 1 aliphatic heterocycles. The third kappa shape index (κ3) is 3.45. The monoisotopic (exact) mass is 308 g/mol. The molecule has 118 valence electrons. The van der Waals surface area contributed by atoms with E-state index >= 15 is 0 Å². The van der Waals surface area contributed by atoms with E-state index in [9.17, 15) is 22.0 Å². The summed E-state index contributed by atoms with van der Waals surface area (Å²) in [6, 6.07) is 0. The largest absolute Gasteiger partial charge is 0.380 e. The number of benzene rings is 1. The van der Waals surface area contributed by atoms with Crippen LogP contribution in [0.1, 0.15) is 19.3 Å². The van der Waals surface area contributed by atoms with E-state index in [0.717, 1.165) is 25.9 Å². The third-order valence-electron chi connectivity index (χ3n) is 3.90. The first-order chi connectivity index (χ1) is 9.91. The summed E-state index contributed by atoms with van der Waals surface area (Å²) < 4.78 is 65.8. The van der Waals surface area contributed by atoms with Crippen LogP contribution in [0.4, 0.5) is 27.6 Å². The van der Waals surface area contributed by atoms with Crippen LogP contribution in [-0.2, 0) is 0 Å². The highest BCUT2D eigenvalue weighted by molar-refractivity contribution is 5.47. The molecule has 1 aromatic rings. The number of anilines is 1. The van der Waals surface area contributed by atoms with Crippen molar-refractivity contribution >= 4 is 5.69 Å². The van der Waals surface area contributed by atoms with E-state index in [4.69, 9.17) is 0 Å². The van der Waals surface area contributed by atoms with Gasteiger partial charge in [-0.2, -0.15) is 0 Å². The second-order valence-corrected chi connectivity index (χ2v) is 5.41. The summed E-state index contributed by atoms with van der Waals surface area (Å²) in [4.78, 5) is 2.19. The molecule has 0 aliphatic carbocycles. The summed E-state index contributed by atoms with van der Waals surface area (Å²) in [6.45, 7) is 2.08. The molecule has 7 heteroatoms. The number of piperidine rings is 1. The summed E-state index contributed by atoms with van der Waals surface area (Å²) >= 11 is 0. The molecular weight excluding hydrogens is 291 g/mol. The fourth-order valence-corrected chi connectivity index (χ4v) is 2.51. The Hall–Kier alpha value is -1.37. The van der Waals surface area contributed by atoms with Gasteiger partial charge in [0.05, 0.1) is 0 Å². The van der Waals surface area contributed by atoms with Gasteiger partial charge in [0, 0.05) is 6.54 Å². The first-order valence-electron chi connectivity index (χ1n) is 6.85. The molecule has 0 saturated carbocycles. The molecule has 1 aliphatic rings. The molecule has 1 saturated heterocycles. The second kappa shape index (κ2) is 6.60. The normalized spacial score (nSPS) is 17.2. The van der Waals surface area contributed by atoms with E-state index in [0.29, 0.717) is 12.3 Å². The van der Waals surface area contributed by atoms with E-state index in [-0.39, 0.29) is 6.54 Å². The van der Waals surface area contributed by atoms with Crippen LogP contribution >= 0.6 is 0 Å². The molecule has 1 aromatic carbocycles. The van der Waals surface area contributed by atoms with Crippen molar-refractivity contribution in [1.82, 2.24) is 4.90 Å². The van der Waals surface area contributed by atoms with Crippen LogP contribution in [0.2, 0.25) is 0 Å². The molecule has 1 fully saturated rings. The number of nitrogens with zero attached hydrogens (tertiary/aromatic N) is 1. The van der Waals surface area contributed by atoms with Gasteiger partial charge in [0.25, 0.3) is 0 Å². The first kappa shape index (κ1) is 16.0. The van der Waals surface area contributed by atoms with Crippen molar-refractivity contribution in [3.63, 3.8) is 0 Å². The molecule has 0 radical (unpaired) electrons. The van der Waals surface area contributed by atoms with Crippen LogP contribution in [0.5, 0.6) is 0 Å². The predicted octanol–water partition coefficient (Wildman–Crippen LogP) is 3.53. The molecule has 0 aromatic heterocycles. The van der Waals surface area contributed by atoms with Crippen molar-refractivity contribution in [2.45, 2.75) is 19.3 Å². The quantitative estimate of drug-likeness (QED) is 0.520. The zero-order valence-corrected chi connectivity index (χ0v) is 11.7. The lowest BCUT2D eigenvalue weighted by molar-refractivity contribution is 0.215. The minimum Gasteiger partial charge on any atom is -0.380 e. The molecule has 21 heavy (non-hydrogen) atoms. The Kier molecular flexibility index (Phi) is 5.03. The summed E-state index contributed by atoms with van der Waals surface area (Å²) in [5.74, 6) is -9.20. The van der Waals surface area contributed by atoms with Gasteiger partial charge in [-0.15, -0.1) is 0 Å². The van der Waals surface area contributed by atoms with Gasteiger partial charge < -0.3 is 10.2 Å². The Labute approximate surface area is 119 Å². The van der Waals surface area contributed by atoms with Gasteiger partial charge in [-0.05, 0) is 45.3 Å². The van der Waals surface area contributed by atoms with Crippen LogP contribution in [-0.4, -0.2) is 31.6 Å². The van der Waals surface area contributed by atoms with Crippen molar-refractivity contribution in [3.8, 4) is 0 Å². The SMILES string of the molecule is CN1CCC(CCNc2c(F)c(F)c(F)c(F)c2F)CC1. The smallest absolute Gasteiger partial charge is 0.200 e. The van der Waals surface area contributed by atoms with E-state index < -0.39 is 34.8 Å². The maximum Gasteiger partial charge on any atom is 0.200 e. The van der Waals surface area contributed by atoms with E-state index in [2.05, 4.69) is 10.2 Å². The van der Waals surface area contributed by atoms with Crippen molar-refractivity contribution in [2.75, 3.05) is 32.0 Å². The Morgan fingerprint density at radius 2 is 1.38 bits per heavy atom. The van der Waals surface area contributed by atoms with E-state index in [1.165, 1.54) is 0 Å². The summed E-state index contributed by atoms with van der Waals surface area (Å²) in [5, 5.41) is 2.34. The Balaban J connectivity index is 1.97. The van der Waals surface area contributed by atoms with Crippen LogP contribution < -0.4 is 5.32 Å². The second-order valence-electron chi connectivity index (χ2n) is 5.41. The summed E-state index contributed by atoms with van der Waals surface area (Å²) in [7, 11) is 2.02. The average Bonchev–Trinajstić information content (AvgIpc) is 2.48. The molecule has 0 unspecified atom stereocenters. The maximum atomic E-state index is 13.4. The number of nitrogens with one attached hydrogen (secondary N) is 1. The number of likely N-dealkylation sites (tertiary alicyclic amines) is 1. The zero-order chi connectivity index (χ0) is 15.6. The highest BCUT2D eigenvalue weighted by Gasteiger charge is 2.25. The van der Waals surface area contributed by atoms with Crippen LogP contribution in [0, 0.1) is 35.0 Å². The molecule has 0 bridgehead atoms. The average molecular weight is 308 g/mol. The lowest BCUT2D eigenvalue weighted by Crippen LogP contribution is -2.31. The summed E-state index contributed by atoms with van der Waals surface area (Å²) in [5.41, 5.74) is -0.945. The van der Waals surface area contributed by atoms with Crippen molar-refractivity contribution < 1.29 is 22.0 Å². The van der Waals surface area contributed by atoms with Gasteiger partial charge in [0.2, 0.25) is 5.82 Å². The fraction of sp³-hybridized carbons (Fsp3) is 0.571. The van der Waals surface area contributed by atoms with Crippen molar-refractivity contribution in [2.24, 2.45) is 5.92 Å². The van der Waals surface area contributed by atoms with Crippen LogP contribution in [0.25, 0.3) is 0 Å². The van der Waals surface area contributed by atoms with Gasteiger partial charge in [0.1, 0.15) is 5.69 Å². The number of rotatable bonds is 4. The first-order valence-corrected chi connectivity index (χ1v) is 6.85. The van der Waals surface area contributed by atoms with Crippen molar-refractivity contribution in [1.29, 1.82) is 0 Å². The topological polar surface area (TPSA) is 15.3 Å².